The molecule has 2 aromatic rings. The summed E-state index contributed by atoms with van der Waals surface area (Å²) >= 11 is 0. The highest BCUT2D eigenvalue weighted by atomic mass is 16.6. The lowest BCUT2D eigenvalue weighted by atomic mass is 10.1. The number of non-ortho nitro benzene ring substituents is 1. The van der Waals surface area contributed by atoms with Gasteiger partial charge in [0, 0.05) is 56.8 Å². The number of carbonyl (C=O) groups is 1. The zero-order valence-electron chi connectivity index (χ0n) is 13.6. The van der Waals surface area contributed by atoms with Crippen LogP contribution in [0.3, 0.4) is 0 Å². The Balaban J connectivity index is 1.95. The summed E-state index contributed by atoms with van der Waals surface area (Å²) in [6.07, 6.45) is 3.54. The van der Waals surface area contributed by atoms with Crippen molar-refractivity contribution in [2.45, 2.75) is 13.0 Å². The van der Waals surface area contributed by atoms with Crippen LogP contribution in [0.4, 0.5) is 5.69 Å². The highest BCUT2D eigenvalue weighted by Crippen LogP contribution is 2.25. The van der Waals surface area contributed by atoms with Crippen LogP contribution in [0.2, 0.25) is 0 Å². The minimum atomic E-state index is -0.474. The molecule has 1 unspecified atom stereocenters. The van der Waals surface area contributed by atoms with Gasteiger partial charge in [0.15, 0.2) is 0 Å². The van der Waals surface area contributed by atoms with Crippen LogP contribution >= 0.6 is 0 Å². The van der Waals surface area contributed by atoms with Crippen molar-refractivity contribution in [2.75, 3.05) is 19.6 Å². The Morgan fingerprint density at radius 1 is 1.42 bits per heavy atom. The van der Waals surface area contributed by atoms with Gasteiger partial charge in [-0.15, -0.1) is 0 Å². The van der Waals surface area contributed by atoms with Crippen molar-refractivity contribution in [3.05, 3.63) is 57.7 Å². The standard InChI is InChI=1S/C16H19N5O3/c1-11-7-12(9-13(8-11)21(23)24)16(22)20-6-3-17-10-14(20)15-18-4-5-19(15)2/h4-5,7-9,14,17H,3,6,10H2,1-2H3. The second kappa shape index (κ2) is 6.40. The van der Waals surface area contributed by atoms with E-state index in [9.17, 15) is 14.9 Å². The summed E-state index contributed by atoms with van der Waals surface area (Å²) in [6, 6.07) is 4.29. The fraction of sp³-hybridized carbons (Fsp3) is 0.375. The smallest absolute Gasteiger partial charge is 0.270 e. The molecule has 2 heterocycles. The number of benzene rings is 1. The third kappa shape index (κ3) is 3.00. The van der Waals surface area contributed by atoms with Gasteiger partial charge in [-0.2, -0.15) is 0 Å². The van der Waals surface area contributed by atoms with Gasteiger partial charge in [0.25, 0.3) is 11.6 Å². The lowest BCUT2D eigenvalue weighted by Crippen LogP contribution is -2.49. The number of carbonyl (C=O) groups excluding carboxylic acids is 1. The van der Waals surface area contributed by atoms with Crippen LogP contribution in [0.15, 0.2) is 30.6 Å². The highest BCUT2D eigenvalue weighted by molar-refractivity contribution is 5.95. The molecule has 0 spiro atoms. The Hall–Kier alpha value is -2.74. The molecule has 1 N–H and O–H groups in total. The summed E-state index contributed by atoms with van der Waals surface area (Å²) in [4.78, 5) is 29.6. The van der Waals surface area contributed by atoms with Gasteiger partial charge in [0.05, 0.1) is 4.92 Å². The third-order valence-corrected chi connectivity index (χ3v) is 4.18. The maximum absolute atomic E-state index is 13.0. The van der Waals surface area contributed by atoms with Crippen molar-refractivity contribution in [1.82, 2.24) is 19.8 Å². The molecule has 126 valence electrons. The molecule has 0 saturated carbocycles. The fourth-order valence-corrected chi connectivity index (χ4v) is 3.03. The molecular formula is C16H19N5O3. The van der Waals surface area contributed by atoms with E-state index in [4.69, 9.17) is 0 Å². The van der Waals surface area contributed by atoms with Crippen LogP contribution in [-0.2, 0) is 7.05 Å². The van der Waals surface area contributed by atoms with Crippen molar-refractivity contribution in [3.8, 4) is 0 Å². The van der Waals surface area contributed by atoms with E-state index < -0.39 is 4.92 Å². The molecule has 1 aromatic carbocycles. The summed E-state index contributed by atoms with van der Waals surface area (Å²) in [5, 5.41) is 14.3. The van der Waals surface area contributed by atoms with Crippen LogP contribution in [0.25, 0.3) is 0 Å². The van der Waals surface area contributed by atoms with E-state index in [1.165, 1.54) is 12.1 Å². The minimum absolute atomic E-state index is 0.0676. The Labute approximate surface area is 139 Å². The maximum atomic E-state index is 13.0. The normalized spacial score (nSPS) is 17.8. The molecule has 1 aromatic heterocycles. The molecule has 0 radical (unpaired) electrons. The summed E-state index contributed by atoms with van der Waals surface area (Å²) < 4.78 is 1.89. The molecule has 1 aliphatic rings. The van der Waals surface area contributed by atoms with Gasteiger partial charge in [-0.1, -0.05) is 0 Å². The summed E-state index contributed by atoms with van der Waals surface area (Å²) in [5.74, 6) is 0.578. The predicted octanol–water partition coefficient (Wildman–Crippen LogP) is 1.42. The van der Waals surface area contributed by atoms with Gasteiger partial charge in [-0.25, -0.2) is 4.98 Å². The Kier molecular flexibility index (Phi) is 4.30. The quantitative estimate of drug-likeness (QED) is 0.679. The summed E-state index contributed by atoms with van der Waals surface area (Å²) in [6.45, 7) is 3.56. The first kappa shape index (κ1) is 16.1. The molecule has 1 fully saturated rings. The average molecular weight is 329 g/mol. The first-order valence-electron chi connectivity index (χ1n) is 7.72. The molecule has 1 aliphatic heterocycles. The molecule has 1 saturated heterocycles. The number of nitro groups is 1. The predicted molar refractivity (Wildman–Crippen MR) is 87.7 cm³/mol. The molecule has 1 amide bonds. The van der Waals surface area contributed by atoms with E-state index in [0.29, 0.717) is 30.8 Å². The van der Waals surface area contributed by atoms with Crippen molar-refractivity contribution >= 4 is 11.6 Å². The van der Waals surface area contributed by atoms with E-state index in [1.54, 1.807) is 24.1 Å². The maximum Gasteiger partial charge on any atom is 0.270 e. The van der Waals surface area contributed by atoms with Crippen molar-refractivity contribution in [3.63, 3.8) is 0 Å². The molecule has 8 nitrogen and oxygen atoms in total. The van der Waals surface area contributed by atoms with Gasteiger partial charge < -0.3 is 14.8 Å². The third-order valence-electron chi connectivity index (χ3n) is 4.18. The van der Waals surface area contributed by atoms with Crippen molar-refractivity contribution in [2.24, 2.45) is 7.05 Å². The largest absolute Gasteiger partial charge is 0.336 e. The van der Waals surface area contributed by atoms with E-state index in [-0.39, 0.29) is 17.6 Å². The molecule has 3 rings (SSSR count). The van der Waals surface area contributed by atoms with Gasteiger partial charge in [-0.3, -0.25) is 14.9 Å². The number of rotatable bonds is 3. The van der Waals surface area contributed by atoms with Crippen LogP contribution in [-0.4, -0.2) is 44.9 Å². The van der Waals surface area contributed by atoms with Crippen LogP contribution in [0.5, 0.6) is 0 Å². The average Bonchev–Trinajstić information content (AvgIpc) is 2.99. The van der Waals surface area contributed by atoms with E-state index >= 15 is 0 Å². The van der Waals surface area contributed by atoms with Gasteiger partial charge in [0.1, 0.15) is 11.9 Å². The zero-order chi connectivity index (χ0) is 17.3. The molecular weight excluding hydrogens is 310 g/mol. The number of nitrogens with zero attached hydrogens (tertiary/aromatic N) is 4. The van der Waals surface area contributed by atoms with Crippen molar-refractivity contribution in [1.29, 1.82) is 0 Å². The second-order valence-electron chi connectivity index (χ2n) is 5.93. The number of piperazine rings is 1. The molecule has 0 aliphatic carbocycles. The SMILES string of the molecule is Cc1cc(C(=O)N2CCNCC2c2nccn2C)cc([N+](=O)[O-])c1. The summed E-state index contributed by atoms with van der Waals surface area (Å²) in [7, 11) is 1.89. The summed E-state index contributed by atoms with van der Waals surface area (Å²) in [5.41, 5.74) is 0.959. The van der Waals surface area contributed by atoms with E-state index in [1.807, 2.05) is 17.8 Å². The van der Waals surface area contributed by atoms with Gasteiger partial charge in [-0.05, 0) is 18.6 Å². The molecule has 24 heavy (non-hydrogen) atoms. The van der Waals surface area contributed by atoms with Crippen LogP contribution in [0, 0.1) is 17.0 Å². The lowest BCUT2D eigenvalue weighted by Gasteiger charge is -2.35. The van der Waals surface area contributed by atoms with Crippen LogP contribution < -0.4 is 5.32 Å². The molecule has 1 atom stereocenters. The number of hydrogen-bond donors (Lipinski definition) is 1. The van der Waals surface area contributed by atoms with E-state index in [2.05, 4.69) is 10.3 Å². The zero-order valence-corrected chi connectivity index (χ0v) is 13.6. The van der Waals surface area contributed by atoms with Crippen LogP contribution in [0.1, 0.15) is 27.8 Å². The van der Waals surface area contributed by atoms with Gasteiger partial charge in [0.2, 0.25) is 0 Å². The Morgan fingerprint density at radius 2 is 2.21 bits per heavy atom. The Morgan fingerprint density at radius 3 is 2.88 bits per heavy atom. The highest BCUT2D eigenvalue weighted by Gasteiger charge is 2.31. The monoisotopic (exact) mass is 329 g/mol. The number of aromatic nitrogens is 2. The topological polar surface area (TPSA) is 93.3 Å². The second-order valence-corrected chi connectivity index (χ2v) is 5.93. The fourth-order valence-electron chi connectivity index (χ4n) is 3.03. The Bertz CT molecular complexity index is 786. The number of amides is 1. The van der Waals surface area contributed by atoms with Crippen molar-refractivity contribution < 1.29 is 9.72 Å². The number of hydrogen-bond acceptors (Lipinski definition) is 5. The lowest BCUT2D eigenvalue weighted by molar-refractivity contribution is -0.384. The first-order chi connectivity index (χ1) is 11.5. The number of nitrogens with one attached hydrogen (secondary N) is 1. The molecule has 0 bridgehead atoms. The number of aryl methyl sites for hydroxylation is 2. The molecule has 8 heteroatoms. The number of imidazole rings is 1. The van der Waals surface area contributed by atoms with Gasteiger partial charge >= 0.3 is 0 Å². The van der Waals surface area contributed by atoms with E-state index in [0.717, 1.165) is 5.82 Å². The number of nitro benzene ring substituents is 1. The minimum Gasteiger partial charge on any atom is -0.336 e. The first-order valence-corrected chi connectivity index (χ1v) is 7.72.